The van der Waals surface area contributed by atoms with Crippen LogP contribution in [0, 0.1) is 5.92 Å². The number of urea groups is 1. The van der Waals surface area contributed by atoms with Gasteiger partial charge in [0.2, 0.25) is 5.91 Å². The van der Waals surface area contributed by atoms with Crippen molar-refractivity contribution in [2.45, 2.75) is 31.8 Å². The molecule has 2 aliphatic heterocycles. The number of aromatic nitrogens is 2. The highest BCUT2D eigenvalue weighted by atomic mass is 35.5. The lowest BCUT2D eigenvalue weighted by Gasteiger charge is -2.37. The van der Waals surface area contributed by atoms with E-state index in [0.717, 1.165) is 23.5 Å². The van der Waals surface area contributed by atoms with E-state index >= 15 is 0 Å². The first-order chi connectivity index (χ1) is 18.4. The van der Waals surface area contributed by atoms with Gasteiger partial charge in [-0.05, 0) is 36.2 Å². The maximum atomic E-state index is 13.5. The van der Waals surface area contributed by atoms with E-state index < -0.39 is 53.7 Å². The second kappa shape index (κ2) is 9.72. The fourth-order valence-electron chi connectivity index (χ4n) is 4.78. The van der Waals surface area contributed by atoms with Crippen molar-refractivity contribution >= 4 is 46.2 Å². The molecule has 2 saturated heterocycles. The third-order valence-corrected chi connectivity index (χ3v) is 7.47. The number of carbonyl (C=O) groups is 3. The van der Waals surface area contributed by atoms with E-state index in [-0.39, 0.29) is 29.6 Å². The van der Waals surface area contributed by atoms with Gasteiger partial charge in [0, 0.05) is 25.9 Å². The highest BCUT2D eigenvalue weighted by Crippen LogP contribution is 2.37. The van der Waals surface area contributed by atoms with Gasteiger partial charge in [0.25, 0.3) is 0 Å². The summed E-state index contributed by atoms with van der Waals surface area (Å²) in [5, 5.41) is 9.02. The Balaban J connectivity index is 1.54. The molecule has 0 radical (unpaired) electrons. The number of carboxylic acid groups (broad SMARTS) is 1. The van der Waals surface area contributed by atoms with Crippen LogP contribution in [0.1, 0.15) is 17.5 Å². The van der Waals surface area contributed by atoms with E-state index in [2.05, 4.69) is 0 Å². The van der Waals surface area contributed by atoms with Crippen molar-refractivity contribution in [3.05, 3.63) is 63.0 Å². The summed E-state index contributed by atoms with van der Waals surface area (Å²) in [6, 6.07) is 6.79. The fourth-order valence-corrected chi connectivity index (χ4v) is 5.07. The van der Waals surface area contributed by atoms with Gasteiger partial charge in [0.15, 0.2) is 5.92 Å². The molecule has 2 fully saturated rings. The number of anilines is 1. The van der Waals surface area contributed by atoms with Crippen molar-refractivity contribution in [2.24, 2.45) is 13.0 Å². The number of aliphatic carboxylic acids is 1. The van der Waals surface area contributed by atoms with Crippen LogP contribution >= 0.6 is 11.6 Å². The summed E-state index contributed by atoms with van der Waals surface area (Å²) < 4.78 is 48.4. The number of nitrogens with zero attached hydrogens (tertiary/aromatic N) is 4. The quantitative estimate of drug-likeness (QED) is 0.457. The van der Waals surface area contributed by atoms with Crippen molar-refractivity contribution in [3.63, 3.8) is 0 Å². The predicted molar refractivity (Wildman–Crippen MR) is 132 cm³/mol. The van der Waals surface area contributed by atoms with Crippen LogP contribution in [-0.2, 0) is 40.6 Å². The Morgan fingerprint density at radius 3 is 2.49 bits per heavy atom. The minimum absolute atomic E-state index is 0.143. The maximum absolute atomic E-state index is 13.5. The second-order valence-corrected chi connectivity index (χ2v) is 9.77. The lowest BCUT2D eigenvalue weighted by atomic mass is 10.0. The summed E-state index contributed by atoms with van der Waals surface area (Å²) in [6.07, 6.45) is -4.14. The summed E-state index contributed by atoms with van der Waals surface area (Å²) in [6.45, 7) is -0.301. The number of rotatable bonds is 6. The van der Waals surface area contributed by atoms with Crippen LogP contribution in [0.3, 0.4) is 0 Å². The topological polar surface area (TPSA) is 114 Å². The number of fused-ring (bicyclic) bond motifs is 1. The Hall–Kier alpha value is -3.84. The molecule has 2 aromatic carbocycles. The van der Waals surface area contributed by atoms with Crippen molar-refractivity contribution in [1.29, 1.82) is 0 Å². The molecule has 10 nitrogen and oxygen atoms in total. The molecule has 2 atom stereocenters. The third-order valence-electron chi connectivity index (χ3n) is 7.02. The number of alkyl halides is 3. The summed E-state index contributed by atoms with van der Waals surface area (Å²) in [7, 11) is 1.59. The lowest BCUT2D eigenvalue weighted by molar-refractivity contribution is -0.150. The number of imidazole rings is 1. The molecule has 3 amide bonds. The summed E-state index contributed by atoms with van der Waals surface area (Å²) in [4.78, 5) is 52.9. The van der Waals surface area contributed by atoms with Crippen LogP contribution in [0.2, 0.25) is 5.02 Å². The fraction of sp³-hybridized carbons (Fsp3) is 0.360. The van der Waals surface area contributed by atoms with Crippen LogP contribution in [0.15, 0.2) is 41.2 Å². The van der Waals surface area contributed by atoms with Crippen LogP contribution in [0.25, 0.3) is 11.0 Å². The lowest BCUT2D eigenvalue weighted by Crippen LogP contribution is -2.58. The Morgan fingerprint density at radius 2 is 1.87 bits per heavy atom. The monoisotopic (exact) mass is 566 g/mol. The number of amides is 3. The SMILES string of the molecule is Cn1c(=O)n(CC2CCO2)c2cc(N3CC(C(=O)O)C(=O)N(Cc4cccc(C(F)(F)F)c4Cl)C3=O)ccc21. The number of ether oxygens (including phenoxy) is 1. The largest absolute Gasteiger partial charge is 0.481 e. The third kappa shape index (κ3) is 4.65. The molecule has 0 saturated carbocycles. The van der Waals surface area contributed by atoms with Gasteiger partial charge >= 0.3 is 23.9 Å². The van der Waals surface area contributed by atoms with E-state index in [9.17, 15) is 37.5 Å². The number of halogens is 4. The molecule has 2 aliphatic rings. The van der Waals surface area contributed by atoms with Gasteiger partial charge in [-0.2, -0.15) is 13.2 Å². The van der Waals surface area contributed by atoms with Crippen LogP contribution in [0.4, 0.5) is 23.7 Å². The van der Waals surface area contributed by atoms with Gasteiger partial charge in [0.1, 0.15) is 0 Å². The summed E-state index contributed by atoms with van der Waals surface area (Å²) in [5.74, 6) is -4.25. The van der Waals surface area contributed by atoms with Crippen molar-refractivity contribution in [2.75, 3.05) is 18.1 Å². The van der Waals surface area contributed by atoms with E-state index in [1.54, 1.807) is 13.1 Å². The molecule has 0 aliphatic carbocycles. The molecule has 2 unspecified atom stereocenters. The maximum Gasteiger partial charge on any atom is 0.417 e. The Kier molecular flexibility index (Phi) is 6.67. The smallest absolute Gasteiger partial charge is 0.417 e. The average molecular weight is 567 g/mol. The van der Waals surface area contributed by atoms with E-state index in [4.69, 9.17) is 16.3 Å². The van der Waals surface area contributed by atoms with Crippen LogP contribution in [0.5, 0.6) is 0 Å². The number of hydrogen-bond acceptors (Lipinski definition) is 5. The van der Waals surface area contributed by atoms with E-state index in [0.29, 0.717) is 22.5 Å². The number of carboxylic acids is 1. The zero-order valence-electron chi connectivity index (χ0n) is 20.4. The molecule has 3 aromatic rings. The molecule has 206 valence electrons. The summed E-state index contributed by atoms with van der Waals surface area (Å²) >= 11 is 5.97. The standard InChI is InChI=1S/C25H22ClF3N4O6/c1-30-18-6-5-14(9-19(18)32(23(30)37)11-15-7-8-39-15)31-12-16(22(35)36)21(34)33(24(31)38)10-13-3-2-4-17(20(13)26)25(27,28)29/h2-6,9,15-16H,7-8,10-12H2,1H3,(H,35,36). The highest BCUT2D eigenvalue weighted by molar-refractivity contribution is 6.32. The molecule has 0 spiro atoms. The molecule has 1 aromatic heterocycles. The molecular formula is C25H22ClF3N4O6. The van der Waals surface area contributed by atoms with E-state index in [1.165, 1.54) is 27.3 Å². The summed E-state index contributed by atoms with van der Waals surface area (Å²) in [5.41, 5.74) is -0.381. The van der Waals surface area contributed by atoms with Gasteiger partial charge < -0.3 is 9.84 Å². The normalized spacial score (nSPS) is 20.0. The molecule has 3 heterocycles. The number of aryl methyl sites for hydroxylation is 1. The van der Waals surface area contributed by atoms with Crippen molar-refractivity contribution in [3.8, 4) is 0 Å². The Morgan fingerprint density at radius 1 is 1.15 bits per heavy atom. The zero-order valence-corrected chi connectivity index (χ0v) is 21.2. The Labute approximate surface area is 223 Å². The van der Waals surface area contributed by atoms with Gasteiger partial charge in [-0.1, -0.05) is 23.7 Å². The number of imide groups is 1. The van der Waals surface area contributed by atoms with Crippen molar-refractivity contribution in [1.82, 2.24) is 14.0 Å². The molecule has 5 rings (SSSR count). The van der Waals surface area contributed by atoms with Gasteiger partial charge in [-0.3, -0.25) is 28.5 Å². The van der Waals surface area contributed by atoms with Gasteiger partial charge in [-0.15, -0.1) is 0 Å². The predicted octanol–water partition coefficient (Wildman–Crippen LogP) is 3.47. The van der Waals surface area contributed by atoms with E-state index in [1.807, 2.05) is 0 Å². The van der Waals surface area contributed by atoms with Gasteiger partial charge in [-0.25, -0.2) is 9.59 Å². The first-order valence-electron chi connectivity index (χ1n) is 11.9. The number of hydrogen-bond donors (Lipinski definition) is 1. The highest BCUT2D eigenvalue weighted by Gasteiger charge is 2.44. The van der Waals surface area contributed by atoms with Gasteiger partial charge in [0.05, 0.1) is 40.8 Å². The molecular weight excluding hydrogens is 545 g/mol. The van der Waals surface area contributed by atoms with Crippen LogP contribution in [-0.4, -0.2) is 56.3 Å². The van der Waals surface area contributed by atoms with Crippen molar-refractivity contribution < 1.29 is 37.4 Å². The first kappa shape index (κ1) is 26.8. The Bertz CT molecular complexity index is 1560. The number of carbonyl (C=O) groups excluding carboxylic acids is 2. The molecule has 0 bridgehead atoms. The van der Waals surface area contributed by atoms with Crippen LogP contribution < -0.4 is 10.6 Å². The second-order valence-electron chi connectivity index (χ2n) is 9.39. The average Bonchev–Trinajstić information content (AvgIpc) is 3.08. The molecule has 14 heteroatoms. The minimum Gasteiger partial charge on any atom is -0.481 e. The molecule has 39 heavy (non-hydrogen) atoms. The molecule has 1 N–H and O–H groups in total. The first-order valence-corrected chi connectivity index (χ1v) is 12.3. The zero-order chi connectivity index (χ0) is 28.2. The minimum atomic E-state index is -4.77. The number of benzene rings is 2.